The van der Waals surface area contributed by atoms with Gasteiger partial charge in [0.15, 0.2) is 0 Å². The molecule has 0 saturated heterocycles. The lowest BCUT2D eigenvalue weighted by molar-refractivity contribution is -0.137. The molecule has 0 unspecified atom stereocenters. The SMILES string of the molecule is Cc1ccc2c([CH]c3ccc(C(F)(F)F)cc3)c[nH]c2c1.Cl. The number of aromatic amines is 1. The quantitative estimate of drug-likeness (QED) is 0.639. The van der Waals surface area contributed by atoms with Crippen molar-refractivity contribution in [2.24, 2.45) is 0 Å². The number of aryl methyl sites for hydroxylation is 1. The van der Waals surface area contributed by atoms with Crippen LogP contribution in [0.25, 0.3) is 10.9 Å². The largest absolute Gasteiger partial charge is 0.416 e. The Morgan fingerprint density at radius 3 is 2.32 bits per heavy atom. The molecule has 3 aromatic rings. The van der Waals surface area contributed by atoms with Crippen LogP contribution >= 0.6 is 12.4 Å². The third kappa shape index (κ3) is 3.28. The van der Waals surface area contributed by atoms with E-state index >= 15 is 0 Å². The monoisotopic (exact) mass is 324 g/mol. The number of H-pyrrole nitrogens is 1. The first-order valence-electron chi connectivity index (χ1n) is 6.53. The maximum absolute atomic E-state index is 12.5. The zero-order valence-electron chi connectivity index (χ0n) is 11.7. The molecule has 1 nitrogen and oxygen atoms in total. The van der Waals surface area contributed by atoms with Gasteiger partial charge in [0.05, 0.1) is 5.56 Å². The predicted molar refractivity (Wildman–Crippen MR) is 84.2 cm³/mol. The standard InChI is InChI=1S/C17H13F3N.ClH/c1-11-2-7-15-13(10-21-16(15)8-11)9-12-3-5-14(6-4-12)17(18,19)20;/h2-10,21H,1H3;1H. The molecule has 0 saturated carbocycles. The highest BCUT2D eigenvalue weighted by Crippen LogP contribution is 2.30. The number of hydrogen-bond acceptors (Lipinski definition) is 0. The predicted octanol–water partition coefficient (Wildman–Crippen LogP) is 5.52. The first-order chi connectivity index (χ1) is 9.93. The van der Waals surface area contributed by atoms with Crippen LogP contribution in [0.1, 0.15) is 22.3 Å². The summed E-state index contributed by atoms with van der Waals surface area (Å²) in [6.45, 7) is 2.01. The summed E-state index contributed by atoms with van der Waals surface area (Å²) in [6, 6.07) is 11.2. The summed E-state index contributed by atoms with van der Waals surface area (Å²) in [7, 11) is 0. The Bertz CT molecular complexity index is 773. The van der Waals surface area contributed by atoms with E-state index in [1.54, 1.807) is 0 Å². The van der Waals surface area contributed by atoms with Crippen molar-refractivity contribution in [1.82, 2.24) is 4.98 Å². The van der Waals surface area contributed by atoms with Crippen LogP contribution < -0.4 is 0 Å². The molecular weight excluding hydrogens is 311 g/mol. The Balaban J connectivity index is 0.00000176. The lowest BCUT2D eigenvalue weighted by Gasteiger charge is -2.07. The van der Waals surface area contributed by atoms with E-state index in [1.165, 1.54) is 12.1 Å². The van der Waals surface area contributed by atoms with Gasteiger partial charge in [-0.25, -0.2) is 0 Å². The van der Waals surface area contributed by atoms with E-state index in [9.17, 15) is 13.2 Å². The summed E-state index contributed by atoms with van der Waals surface area (Å²) >= 11 is 0. The molecule has 5 heteroatoms. The fourth-order valence-corrected chi connectivity index (χ4v) is 2.33. The van der Waals surface area contributed by atoms with Crippen molar-refractivity contribution in [3.63, 3.8) is 0 Å². The summed E-state index contributed by atoms with van der Waals surface area (Å²) in [5, 5.41) is 1.06. The number of halogens is 4. The molecule has 0 amide bonds. The van der Waals surface area contributed by atoms with Gasteiger partial charge in [-0.2, -0.15) is 13.2 Å². The summed E-state index contributed by atoms with van der Waals surface area (Å²) in [6.07, 6.45) is -0.563. The maximum atomic E-state index is 12.5. The molecule has 1 heterocycles. The Morgan fingerprint density at radius 1 is 1.00 bits per heavy atom. The van der Waals surface area contributed by atoms with E-state index in [1.807, 2.05) is 37.7 Å². The molecule has 1 N–H and O–H groups in total. The van der Waals surface area contributed by atoms with Crippen molar-refractivity contribution in [3.8, 4) is 0 Å². The molecule has 0 fully saturated rings. The molecule has 0 aliphatic carbocycles. The van der Waals surface area contributed by atoms with E-state index in [4.69, 9.17) is 0 Å². The second kappa shape index (κ2) is 6.05. The van der Waals surface area contributed by atoms with E-state index in [0.717, 1.165) is 39.7 Å². The minimum Gasteiger partial charge on any atom is -0.361 e. The Kier molecular flexibility index (Phi) is 4.52. The molecule has 1 radical (unpaired) electrons. The summed E-state index contributed by atoms with van der Waals surface area (Å²) in [5.41, 5.74) is 3.25. The normalized spacial score (nSPS) is 11.5. The topological polar surface area (TPSA) is 15.8 Å². The first-order valence-corrected chi connectivity index (χ1v) is 6.53. The minimum absolute atomic E-state index is 0. The van der Waals surface area contributed by atoms with Crippen molar-refractivity contribution >= 4 is 23.3 Å². The molecular formula is C17H14ClF3N. The number of fused-ring (bicyclic) bond motifs is 1. The second-order valence-corrected chi connectivity index (χ2v) is 5.06. The maximum Gasteiger partial charge on any atom is 0.416 e. The van der Waals surface area contributed by atoms with Gasteiger partial charge in [-0.1, -0.05) is 24.3 Å². The van der Waals surface area contributed by atoms with Gasteiger partial charge in [0, 0.05) is 23.5 Å². The van der Waals surface area contributed by atoms with Crippen molar-refractivity contribution in [2.75, 3.05) is 0 Å². The number of benzene rings is 2. The number of nitrogens with one attached hydrogen (secondary N) is 1. The molecule has 0 spiro atoms. The number of aromatic nitrogens is 1. The molecule has 0 aliphatic rings. The van der Waals surface area contributed by atoms with Crippen LogP contribution in [0.15, 0.2) is 48.7 Å². The molecule has 2 aromatic carbocycles. The van der Waals surface area contributed by atoms with Crippen molar-refractivity contribution in [1.29, 1.82) is 0 Å². The smallest absolute Gasteiger partial charge is 0.361 e. The van der Waals surface area contributed by atoms with E-state index < -0.39 is 11.7 Å². The average Bonchev–Trinajstić information content (AvgIpc) is 2.80. The minimum atomic E-state index is -4.29. The van der Waals surface area contributed by atoms with Crippen molar-refractivity contribution < 1.29 is 13.2 Å². The van der Waals surface area contributed by atoms with Gasteiger partial charge < -0.3 is 4.98 Å². The Morgan fingerprint density at radius 2 is 1.68 bits per heavy atom. The third-order valence-electron chi connectivity index (χ3n) is 3.43. The van der Waals surface area contributed by atoms with Crippen molar-refractivity contribution in [2.45, 2.75) is 13.1 Å². The van der Waals surface area contributed by atoms with Gasteiger partial charge in [-0.05, 0) is 41.8 Å². The molecule has 115 valence electrons. The highest BCUT2D eigenvalue weighted by Gasteiger charge is 2.29. The highest BCUT2D eigenvalue weighted by atomic mass is 35.5. The lowest BCUT2D eigenvalue weighted by Crippen LogP contribution is -2.04. The van der Waals surface area contributed by atoms with Gasteiger partial charge in [0.2, 0.25) is 0 Å². The fourth-order valence-electron chi connectivity index (χ4n) is 2.33. The number of hydrogen-bond donors (Lipinski definition) is 1. The van der Waals surface area contributed by atoms with Gasteiger partial charge in [0.25, 0.3) is 0 Å². The van der Waals surface area contributed by atoms with Crippen LogP contribution in [-0.2, 0) is 6.18 Å². The molecule has 22 heavy (non-hydrogen) atoms. The zero-order chi connectivity index (χ0) is 15.0. The number of rotatable bonds is 2. The Hall–Kier alpha value is -1.94. The van der Waals surface area contributed by atoms with Gasteiger partial charge in [0.1, 0.15) is 0 Å². The zero-order valence-corrected chi connectivity index (χ0v) is 12.6. The van der Waals surface area contributed by atoms with Crippen LogP contribution in [0.4, 0.5) is 13.2 Å². The fraction of sp³-hybridized carbons (Fsp3) is 0.118. The molecule has 0 atom stereocenters. The van der Waals surface area contributed by atoms with Crippen LogP contribution in [0.5, 0.6) is 0 Å². The number of alkyl halides is 3. The summed E-state index contributed by atoms with van der Waals surface area (Å²) < 4.78 is 37.6. The second-order valence-electron chi connectivity index (χ2n) is 5.06. The van der Waals surface area contributed by atoms with E-state index in [2.05, 4.69) is 4.98 Å². The highest BCUT2D eigenvalue weighted by molar-refractivity contribution is 5.86. The van der Waals surface area contributed by atoms with Crippen LogP contribution in [-0.4, -0.2) is 4.98 Å². The van der Waals surface area contributed by atoms with Gasteiger partial charge in [-0.3, -0.25) is 0 Å². The van der Waals surface area contributed by atoms with Gasteiger partial charge in [-0.15, -0.1) is 12.4 Å². The average molecular weight is 325 g/mol. The summed E-state index contributed by atoms with van der Waals surface area (Å²) in [4.78, 5) is 3.17. The van der Waals surface area contributed by atoms with Crippen LogP contribution in [0, 0.1) is 13.3 Å². The first kappa shape index (κ1) is 16.4. The molecule has 0 aliphatic heterocycles. The lowest BCUT2D eigenvalue weighted by atomic mass is 10.0. The van der Waals surface area contributed by atoms with Crippen molar-refractivity contribution in [3.05, 3.63) is 77.3 Å². The van der Waals surface area contributed by atoms with E-state index in [-0.39, 0.29) is 12.4 Å². The van der Waals surface area contributed by atoms with Crippen LogP contribution in [0.2, 0.25) is 0 Å². The molecule has 0 bridgehead atoms. The third-order valence-corrected chi connectivity index (χ3v) is 3.43. The van der Waals surface area contributed by atoms with Gasteiger partial charge >= 0.3 is 6.18 Å². The van der Waals surface area contributed by atoms with E-state index in [0.29, 0.717) is 0 Å². The molecule has 3 rings (SSSR count). The van der Waals surface area contributed by atoms with Crippen LogP contribution in [0.3, 0.4) is 0 Å². The summed E-state index contributed by atoms with van der Waals surface area (Å²) in [5.74, 6) is 0. The molecule has 1 aromatic heterocycles. The Labute approximate surface area is 132 Å².